The van der Waals surface area contributed by atoms with Crippen LogP contribution in [0, 0.1) is 5.82 Å². The lowest BCUT2D eigenvalue weighted by molar-refractivity contribution is 0.0000656. The molecule has 0 aliphatic carbocycles. The molecule has 0 saturated carbocycles. The molecule has 0 unspecified atom stereocenters. The van der Waals surface area contributed by atoms with Crippen molar-refractivity contribution in [1.29, 1.82) is 0 Å². The van der Waals surface area contributed by atoms with Crippen LogP contribution in [-0.4, -0.2) is 35.7 Å². The van der Waals surface area contributed by atoms with Gasteiger partial charge in [0, 0.05) is 19.2 Å². The second-order valence-corrected chi connectivity index (χ2v) is 9.59. The second kappa shape index (κ2) is 9.54. The average Bonchev–Trinajstić information content (AvgIpc) is 2.74. The van der Waals surface area contributed by atoms with Crippen molar-refractivity contribution in [3.63, 3.8) is 0 Å². The number of nitrogens with zero attached hydrogens (tertiary/aromatic N) is 1. The zero-order chi connectivity index (χ0) is 23.6. The van der Waals surface area contributed by atoms with Gasteiger partial charge in [0.15, 0.2) is 0 Å². The largest absolute Gasteiger partial charge is 0.486 e. The third-order valence-corrected chi connectivity index (χ3v) is 5.70. The van der Waals surface area contributed by atoms with Crippen molar-refractivity contribution in [3.8, 4) is 5.75 Å². The minimum Gasteiger partial charge on any atom is -0.486 e. The Morgan fingerprint density at radius 1 is 1.00 bits per heavy atom. The fourth-order valence-electron chi connectivity index (χ4n) is 3.93. The number of benzene rings is 3. The molecule has 0 aromatic heterocycles. The van der Waals surface area contributed by atoms with E-state index in [4.69, 9.17) is 21.1 Å². The number of carbonyl (C=O) groups excluding carboxylic acids is 1. The van der Waals surface area contributed by atoms with Crippen molar-refractivity contribution < 1.29 is 18.7 Å². The lowest BCUT2D eigenvalue weighted by Crippen LogP contribution is -2.55. The summed E-state index contributed by atoms with van der Waals surface area (Å²) in [5, 5.41) is 0.179. The molecule has 6 heteroatoms. The minimum absolute atomic E-state index is 0.106. The molecule has 3 aromatic carbocycles. The molecule has 1 heterocycles. The number of hydrogen-bond donors (Lipinski definition) is 0. The van der Waals surface area contributed by atoms with E-state index in [9.17, 15) is 9.18 Å². The van der Waals surface area contributed by atoms with Gasteiger partial charge in [0.25, 0.3) is 0 Å². The molecule has 3 aromatic rings. The number of ether oxygens (including phenoxy) is 2. The van der Waals surface area contributed by atoms with Crippen LogP contribution in [-0.2, 0) is 4.74 Å². The van der Waals surface area contributed by atoms with Crippen molar-refractivity contribution in [2.75, 3.05) is 13.1 Å². The normalized spacial score (nSPS) is 14.7. The summed E-state index contributed by atoms with van der Waals surface area (Å²) < 4.78 is 25.9. The topological polar surface area (TPSA) is 38.8 Å². The Kier molecular flexibility index (Phi) is 6.73. The van der Waals surface area contributed by atoms with Gasteiger partial charge < -0.3 is 9.47 Å². The standard InChI is InChI=1S/C27H27ClFNO3/c1-27(2,3)33-26(31)21-14-22(28)24(15-23(21)29)32-20-16-30(17-20)25(18-10-6-4-7-11-18)19-12-8-5-9-13-19/h4-15,20,25H,16-17H2,1-3H3. The van der Waals surface area contributed by atoms with Gasteiger partial charge in [0.1, 0.15) is 23.3 Å². The summed E-state index contributed by atoms with van der Waals surface area (Å²) in [4.78, 5) is 14.6. The fraction of sp³-hybridized carbons (Fsp3) is 0.296. The highest BCUT2D eigenvalue weighted by atomic mass is 35.5. The van der Waals surface area contributed by atoms with Crippen molar-refractivity contribution in [2.24, 2.45) is 0 Å². The van der Waals surface area contributed by atoms with E-state index in [0.717, 1.165) is 6.07 Å². The van der Waals surface area contributed by atoms with Crippen LogP contribution in [0.2, 0.25) is 5.02 Å². The molecule has 1 aliphatic heterocycles. The first kappa shape index (κ1) is 23.3. The number of esters is 1. The van der Waals surface area contributed by atoms with Crippen molar-refractivity contribution >= 4 is 17.6 Å². The summed E-state index contributed by atoms with van der Waals surface area (Å²) >= 11 is 6.32. The highest BCUT2D eigenvalue weighted by Gasteiger charge is 2.36. The van der Waals surface area contributed by atoms with Crippen molar-refractivity contribution in [3.05, 3.63) is 100 Å². The summed E-state index contributed by atoms with van der Waals surface area (Å²) in [6.45, 7) is 6.51. The molecule has 0 N–H and O–H groups in total. The van der Waals surface area contributed by atoms with Gasteiger partial charge in [-0.25, -0.2) is 9.18 Å². The molecule has 1 fully saturated rings. The molecule has 0 amide bonds. The molecule has 4 nitrogen and oxygen atoms in total. The van der Waals surface area contributed by atoms with Gasteiger partial charge in [-0.3, -0.25) is 4.90 Å². The third-order valence-electron chi connectivity index (χ3n) is 5.41. The molecule has 1 saturated heterocycles. The van der Waals surface area contributed by atoms with Crippen LogP contribution < -0.4 is 4.74 Å². The van der Waals surface area contributed by atoms with Crippen LogP contribution in [0.5, 0.6) is 5.75 Å². The van der Waals surface area contributed by atoms with Gasteiger partial charge in [-0.2, -0.15) is 0 Å². The molecule has 4 rings (SSSR count). The first-order valence-corrected chi connectivity index (χ1v) is 11.3. The Labute approximate surface area is 198 Å². The average molecular weight is 468 g/mol. The summed E-state index contributed by atoms with van der Waals surface area (Å²) in [7, 11) is 0. The second-order valence-electron chi connectivity index (χ2n) is 9.18. The molecule has 0 radical (unpaired) electrons. The number of hydrogen-bond acceptors (Lipinski definition) is 4. The number of likely N-dealkylation sites (tertiary alicyclic amines) is 1. The lowest BCUT2D eigenvalue weighted by Gasteiger charge is -2.44. The molecule has 1 aliphatic rings. The highest BCUT2D eigenvalue weighted by molar-refractivity contribution is 6.32. The Morgan fingerprint density at radius 2 is 1.55 bits per heavy atom. The molecule has 172 valence electrons. The van der Waals surface area contributed by atoms with Gasteiger partial charge in [0.05, 0.1) is 16.6 Å². The number of carbonyl (C=O) groups is 1. The van der Waals surface area contributed by atoms with Gasteiger partial charge in [-0.05, 0) is 38.0 Å². The first-order valence-electron chi connectivity index (χ1n) is 10.9. The van der Waals surface area contributed by atoms with E-state index in [1.165, 1.54) is 17.2 Å². The third kappa shape index (κ3) is 5.55. The lowest BCUT2D eigenvalue weighted by atomic mass is 9.94. The monoisotopic (exact) mass is 467 g/mol. The van der Waals surface area contributed by atoms with Crippen LogP contribution >= 0.6 is 11.6 Å². The maximum atomic E-state index is 14.6. The summed E-state index contributed by atoms with van der Waals surface area (Å²) in [5.74, 6) is -1.25. The van der Waals surface area contributed by atoms with Crippen LogP contribution in [0.15, 0.2) is 72.8 Å². The Bertz CT molecular complexity index is 1070. The molecular formula is C27H27ClFNO3. The molecule has 0 atom stereocenters. The van der Waals surface area contributed by atoms with E-state index in [0.29, 0.717) is 13.1 Å². The zero-order valence-electron chi connectivity index (χ0n) is 18.9. The Hall–Kier alpha value is -2.89. The van der Waals surface area contributed by atoms with Gasteiger partial charge in [-0.1, -0.05) is 72.3 Å². The molecule has 0 spiro atoms. The molecular weight excluding hydrogens is 441 g/mol. The predicted molar refractivity (Wildman–Crippen MR) is 127 cm³/mol. The van der Waals surface area contributed by atoms with Crippen LogP contribution in [0.3, 0.4) is 0 Å². The van der Waals surface area contributed by atoms with Gasteiger partial charge >= 0.3 is 5.97 Å². The predicted octanol–water partition coefficient (Wildman–Crippen LogP) is 6.29. The summed E-state index contributed by atoms with van der Waals surface area (Å²) in [6, 6.07) is 23.2. The maximum absolute atomic E-state index is 14.6. The van der Waals surface area contributed by atoms with E-state index < -0.39 is 17.4 Å². The van der Waals surface area contributed by atoms with E-state index in [1.807, 2.05) is 36.4 Å². The Balaban J connectivity index is 1.46. The van der Waals surface area contributed by atoms with E-state index in [-0.39, 0.29) is 28.5 Å². The number of halogens is 2. The quantitative estimate of drug-likeness (QED) is 0.399. The van der Waals surface area contributed by atoms with Crippen LogP contribution in [0.4, 0.5) is 4.39 Å². The van der Waals surface area contributed by atoms with Crippen LogP contribution in [0.1, 0.15) is 48.3 Å². The maximum Gasteiger partial charge on any atom is 0.341 e. The van der Waals surface area contributed by atoms with Crippen molar-refractivity contribution in [1.82, 2.24) is 4.90 Å². The van der Waals surface area contributed by atoms with E-state index in [1.54, 1.807) is 20.8 Å². The molecule has 0 bridgehead atoms. The van der Waals surface area contributed by atoms with Gasteiger partial charge in [-0.15, -0.1) is 0 Å². The summed E-state index contributed by atoms with van der Waals surface area (Å²) in [6.07, 6.45) is -0.135. The van der Waals surface area contributed by atoms with Gasteiger partial charge in [0.2, 0.25) is 0 Å². The zero-order valence-corrected chi connectivity index (χ0v) is 19.7. The van der Waals surface area contributed by atoms with E-state index >= 15 is 0 Å². The smallest absolute Gasteiger partial charge is 0.341 e. The van der Waals surface area contributed by atoms with Crippen LogP contribution in [0.25, 0.3) is 0 Å². The summed E-state index contributed by atoms with van der Waals surface area (Å²) in [5.41, 5.74) is 1.47. The fourth-order valence-corrected chi connectivity index (χ4v) is 4.14. The highest BCUT2D eigenvalue weighted by Crippen LogP contribution is 2.35. The number of rotatable bonds is 6. The minimum atomic E-state index is -0.753. The first-order chi connectivity index (χ1) is 15.7. The Morgan fingerprint density at radius 3 is 2.06 bits per heavy atom. The van der Waals surface area contributed by atoms with E-state index in [2.05, 4.69) is 29.2 Å². The van der Waals surface area contributed by atoms with Crippen molar-refractivity contribution in [2.45, 2.75) is 38.5 Å². The molecule has 33 heavy (non-hydrogen) atoms. The SMILES string of the molecule is CC(C)(C)OC(=O)c1cc(Cl)c(OC2CN(C(c3ccccc3)c3ccccc3)C2)cc1F.